The molecule has 0 aliphatic rings. The topological polar surface area (TPSA) is 0 Å². The molecule has 0 N–H and O–H groups in total. The highest BCUT2D eigenvalue weighted by atomic mass is 79.9. The van der Waals surface area contributed by atoms with Crippen LogP contribution in [0.15, 0.2) is 50.7 Å². The molecule has 0 aliphatic heterocycles. The van der Waals surface area contributed by atoms with Crippen molar-refractivity contribution in [3.63, 3.8) is 0 Å². The van der Waals surface area contributed by atoms with Crippen LogP contribution in [0.5, 0.6) is 0 Å². The van der Waals surface area contributed by atoms with E-state index in [-0.39, 0.29) is 5.38 Å². The fraction of sp³-hybridized carbons (Fsp3) is 0.0667. The van der Waals surface area contributed by atoms with Crippen LogP contribution in [0.4, 0.5) is 0 Å². The first-order chi connectivity index (χ1) is 9.58. The Morgan fingerprint density at radius 3 is 2.60 bits per heavy atom. The highest BCUT2D eigenvalue weighted by Crippen LogP contribution is 2.41. The van der Waals surface area contributed by atoms with Crippen LogP contribution < -0.4 is 0 Å². The molecular formula is C15H8Br2Cl2S. The van der Waals surface area contributed by atoms with E-state index in [4.69, 9.17) is 23.2 Å². The molecule has 0 saturated carbocycles. The maximum atomic E-state index is 6.65. The Hall–Kier alpha value is -0.0600. The molecule has 0 spiro atoms. The van der Waals surface area contributed by atoms with Crippen LogP contribution >= 0.6 is 66.4 Å². The number of alkyl halides is 1. The highest BCUT2D eigenvalue weighted by Gasteiger charge is 2.17. The van der Waals surface area contributed by atoms with Crippen molar-refractivity contribution in [3.8, 4) is 0 Å². The van der Waals surface area contributed by atoms with Gasteiger partial charge in [0.25, 0.3) is 0 Å². The number of hydrogen-bond acceptors (Lipinski definition) is 1. The van der Waals surface area contributed by atoms with Crippen LogP contribution in [-0.2, 0) is 0 Å². The molecule has 0 aliphatic carbocycles. The third kappa shape index (κ3) is 2.67. The zero-order valence-corrected chi connectivity index (χ0v) is 15.5. The van der Waals surface area contributed by atoms with Crippen molar-refractivity contribution >= 4 is 76.5 Å². The van der Waals surface area contributed by atoms with Gasteiger partial charge in [-0.05, 0) is 72.0 Å². The van der Waals surface area contributed by atoms with Gasteiger partial charge in [0.1, 0.15) is 0 Å². The van der Waals surface area contributed by atoms with E-state index in [1.807, 2.05) is 30.3 Å². The summed E-state index contributed by atoms with van der Waals surface area (Å²) in [4.78, 5) is 0. The molecular weight excluding hydrogens is 443 g/mol. The van der Waals surface area contributed by atoms with E-state index in [1.54, 1.807) is 11.3 Å². The third-order valence-electron chi connectivity index (χ3n) is 3.09. The average molecular weight is 451 g/mol. The van der Waals surface area contributed by atoms with Crippen LogP contribution in [-0.4, -0.2) is 0 Å². The molecule has 0 radical (unpaired) electrons. The first kappa shape index (κ1) is 14.9. The summed E-state index contributed by atoms with van der Waals surface area (Å²) in [5.74, 6) is 0. The second kappa shape index (κ2) is 5.98. The van der Waals surface area contributed by atoms with Crippen molar-refractivity contribution in [3.05, 3.63) is 66.9 Å². The molecule has 0 saturated heterocycles. The molecule has 0 nitrogen and oxygen atoms in total. The van der Waals surface area contributed by atoms with E-state index in [0.29, 0.717) is 5.02 Å². The van der Waals surface area contributed by atoms with E-state index in [9.17, 15) is 0 Å². The molecule has 1 unspecified atom stereocenters. The summed E-state index contributed by atoms with van der Waals surface area (Å²) in [5.41, 5.74) is 2.12. The minimum atomic E-state index is -0.205. The van der Waals surface area contributed by atoms with E-state index in [1.165, 1.54) is 10.1 Å². The van der Waals surface area contributed by atoms with E-state index >= 15 is 0 Å². The number of halogens is 4. The second-order valence-corrected chi connectivity index (χ2v) is 7.78. The zero-order valence-electron chi connectivity index (χ0n) is 10.0. The molecule has 0 bridgehead atoms. The standard InChI is InChI=1S/C15H8Br2Cl2S/c16-11-5-4-8(6-13(11)18)14(19)10-7-20-15-9(10)2-1-3-12(15)17/h1-7,14H. The SMILES string of the molecule is Clc1cc(C(Cl)c2csc3c(Br)cccc23)ccc1Br. The number of rotatable bonds is 2. The van der Waals surface area contributed by atoms with Crippen LogP contribution in [0.2, 0.25) is 5.02 Å². The summed E-state index contributed by atoms with van der Waals surface area (Å²) in [6.45, 7) is 0. The molecule has 1 heterocycles. The lowest BCUT2D eigenvalue weighted by molar-refractivity contribution is 1.17. The normalized spacial score (nSPS) is 12.8. The zero-order chi connectivity index (χ0) is 14.3. The number of hydrogen-bond donors (Lipinski definition) is 0. The lowest BCUT2D eigenvalue weighted by Crippen LogP contribution is -1.92. The van der Waals surface area contributed by atoms with Crippen molar-refractivity contribution in [2.75, 3.05) is 0 Å². The summed E-state index contributed by atoms with van der Waals surface area (Å²) >= 11 is 21.5. The van der Waals surface area contributed by atoms with Gasteiger partial charge in [0.2, 0.25) is 0 Å². The molecule has 1 aromatic heterocycles. The van der Waals surface area contributed by atoms with Crippen molar-refractivity contribution in [1.29, 1.82) is 0 Å². The van der Waals surface area contributed by atoms with Crippen molar-refractivity contribution in [2.24, 2.45) is 0 Å². The third-order valence-corrected chi connectivity index (χ3v) is 6.78. The largest absolute Gasteiger partial charge is 0.142 e. The van der Waals surface area contributed by atoms with Crippen LogP contribution in [0, 0.1) is 0 Å². The highest BCUT2D eigenvalue weighted by molar-refractivity contribution is 9.11. The van der Waals surface area contributed by atoms with E-state index < -0.39 is 0 Å². The Morgan fingerprint density at radius 1 is 1.05 bits per heavy atom. The van der Waals surface area contributed by atoms with Crippen molar-refractivity contribution in [2.45, 2.75) is 5.38 Å². The Labute approximate surface area is 148 Å². The lowest BCUT2D eigenvalue weighted by Gasteiger charge is -2.10. The average Bonchev–Trinajstić information content (AvgIpc) is 2.86. The summed E-state index contributed by atoms with van der Waals surface area (Å²) in [5, 5.41) is 3.77. The van der Waals surface area contributed by atoms with Crippen LogP contribution in [0.3, 0.4) is 0 Å². The molecule has 102 valence electrons. The Kier molecular flexibility index (Phi) is 4.44. The van der Waals surface area contributed by atoms with Gasteiger partial charge in [-0.15, -0.1) is 22.9 Å². The second-order valence-electron chi connectivity index (χ2n) is 4.34. The summed E-state index contributed by atoms with van der Waals surface area (Å²) in [6, 6.07) is 12.0. The number of benzene rings is 2. The predicted molar refractivity (Wildman–Crippen MR) is 96.4 cm³/mol. The van der Waals surface area contributed by atoms with Gasteiger partial charge in [0, 0.05) is 13.6 Å². The van der Waals surface area contributed by atoms with Crippen LogP contribution in [0.1, 0.15) is 16.5 Å². The lowest BCUT2D eigenvalue weighted by atomic mass is 10.0. The fourth-order valence-corrected chi connectivity index (χ4v) is 4.56. The van der Waals surface area contributed by atoms with Gasteiger partial charge >= 0.3 is 0 Å². The van der Waals surface area contributed by atoms with Gasteiger partial charge in [-0.3, -0.25) is 0 Å². The van der Waals surface area contributed by atoms with Gasteiger partial charge in [0.05, 0.1) is 10.4 Å². The minimum absolute atomic E-state index is 0.205. The Morgan fingerprint density at radius 2 is 1.85 bits per heavy atom. The minimum Gasteiger partial charge on any atom is -0.142 e. The number of fused-ring (bicyclic) bond motifs is 1. The first-order valence-corrected chi connectivity index (χ1v) is 9.10. The van der Waals surface area contributed by atoms with Crippen molar-refractivity contribution in [1.82, 2.24) is 0 Å². The van der Waals surface area contributed by atoms with Crippen molar-refractivity contribution < 1.29 is 0 Å². The van der Waals surface area contributed by atoms with Gasteiger partial charge in [-0.25, -0.2) is 0 Å². The molecule has 3 rings (SSSR count). The van der Waals surface area contributed by atoms with E-state index in [2.05, 4.69) is 43.3 Å². The van der Waals surface area contributed by atoms with Crippen LogP contribution in [0.25, 0.3) is 10.1 Å². The summed E-state index contributed by atoms with van der Waals surface area (Å²) < 4.78 is 3.20. The number of thiophene rings is 1. The summed E-state index contributed by atoms with van der Waals surface area (Å²) in [6.07, 6.45) is 0. The van der Waals surface area contributed by atoms with Gasteiger partial charge in [-0.2, -0.15) is 0 Å². The van der Waals surface area contributed by atoms with Gasteiger partial charge < -0.3 is 0 Å². The molecule has 0 amide bonds. The smallest absolute Gasteiger partial charge is 0.0850 e. The maximum absolute atomic E-state index is 6.65. The van der Waals surface area contributed by atoms with E-state index in [0.717, 1.165) is 20.1 Å². The molecule has 2 aromatic carbocycles. The molecule has 0 fully saturated rings. The quantitative estimate of drug-likeness (QED) is 0.356. The summed E-state index contributed by atoms with van der Waals surface area (Å²) in [7, 11) is 0. The molecule has 5 heteroatoms. The Balaban J connectivity index is 2.10. The molecule has 3 aromatic rings. The predicted octanol–water partition coefficient (Wildman–Crippen LogP) is 7.41. The molecule has 1 atom stereocenters. The van der Waals surface area contributed by atoms with Gasteiger partial charge in [-0.1, -0.05) is 29.8 Å². The Bertz CT molecular complexity index is 783. The fourth-order valence-electron chi connectivity index (χ4n) is 2.09. The first-order valence-electron chi connectivity index (χ1n) is 5.82. The maximum Gasteiger partial charge on any atom is 0.0850 e. The molecule has 20 heavy (non-hydrogen) atoms. The monoisotopic (exact) mass is 448 g/mol. The van der Waals surface area contributed by atoms with Gasteiger partial charge in [0.15, 0.2) is 0 Å².